The second-order valence-corrected chi connectivity index (χ2v) is 9.06. The fourth-order valence-corrected chi connectivity index (χ4v) is 5.45. The Balaban J connectivity index is 1.89. The largest absolute Gasteiger partial charge is 0.323 e. The maximum Gasteiger partial charge on any atom is 0.254 e. The zero-order chi connectivity index (χ0) is 19.6. The molecule has 0 aliphatic carbocycles. The summed E-state index contributed by atoms with van der Waals surface area (Å²) in [5.74, 6) is 2.05. The molecule has 1 unspecified atom stereocenters. The molecule has 2 aliphatic rings. The van der Waals surface area contributed by atoms with Gasteiger partial charge in [0.15, 0.2) is 9.84 Å². The lowest BCUT2D eigenvalue weighted by Gasteiger charge is -2.30. The van der Waals surface area contributed by atoms with Crippen LogP contribution in [0.4, 0.5) is 5.69 Å². The highest BCUT2D eigenvalue weighted by Crippen LogP contribution is 2.29. The Morgan fingerprint density at radius 3 is 2.81 bits per heavy atom. The predicted molar refractivity (Wildman–Crippen MR) is 104 cm³/mol. The summed E-state index contributed by atoms with van der Waals surface area (Å²) in [4.78, 5) is 28.2. The summed E-state index contributed by atoms with van der Waals surface area (Å²) in [6.07, 6.45) is 8.67. The number of hydrogen-bond acceptors (Lipinski definition) is 4. The Morgan fingerprint density at radius 1 is 1.41 bits per heavy atom. The van der Waals surface area contributed by atoms with E-state index in [9.17, 15) is 18.0 Å². The third-order valence-corrected chi connectivity index (χ3v) is 6.81. The first-order chi connectivity index (χ1) is 12.9. The van der Waals surface area contributed by atoms with Gasteiger partial charge < -0.3 is 9.80 Å². The van der Waals surface area contributed by atoms with Crippen LogP contribution in [0.15, 0.2) is 30.9 Å². The lowest BCUT2D eigenvalue weighted by atomic mass is 9.98. The number of carbonyl (C=O) groups is 2. The Morgan fingerprint density at radius 2 is 2.19 bits per heavy atom. The molecule has 1 fully saturated rings. The van der Waals surface area contributed by atoms with Crippen LogP contribution in [0.25, 0.3) is 0 Å². The van der Waals surface area contributed by atoms with Gasteiger partial charge in [0.25, 0.3) is 5.91 Å². The van der Waals surface area contributed by atoms with Crippen LogP contribution >= 0.6 is 0 Å². The molecule has 0 radical (unpaired) electrons. The molecule has 0 aromatic heterocycles. The number of nitrogens with zero attached hydrogens (tertiary/aromatic N) is 2. The van der Waals surface area contributed by atoms with Gasteiger partial charge in [-0.1, -0.05) is 12.5 Å². The molecule has 2 heterocycles. The maximum absolute atomic E-state index is 13.0. The quantitative estimate of drug-likeness (QED) is 0.579. The average Bonchev–Trinajstić information content (AvgIpc) is 3.03. The number of sulfone groups is 1. The van der Waals surface area contributed by atoms with Crippen molar-refractivity contribution in [2.45, 2.75) is 25.3 Å². The third kappa shape index (κ3) is 3.91. The average molecular weight is 386 g/mol. The van der Waals surface area contributed by atoms with Crippen LogP contribution in [-0.2, 0) is 21.1 Å². The van der Waals surface area contributed by atoms with Gasteiger partial charge in [-0.25, -0.2) is 8.42 Å². The molecule has 2 aliphatic heterocycles. The molecule has 27 heavy (non-hydrogen) atoms. The van der Waals surface area contributed by atoms with Crippen LogP contribution in [0.2, 0.25) is 0 Å². The minimum absolute atomic E-state index is 0.0486. The molecule has 2 amide bonds. The van der Waals surface area contributed by atoms with E-state index in [1.165, 1.54) is 11.0 Å². The Hall–Kier alpha value is -2.59. The first kappa shape index (κ1) is 19.2. The molecule has 142 valence electrons. The Bertz CT molecular complexity index is 930. The highest BCUT2D eigenvalue weighted by Gasteiger charge is 2.35. The summed E-state index contributed by atoms with van der Waals surface area (Å²) in [6, 6.07) is 4.83. The van der Waals surface area contributed by atoms with Crippen LogP contribution in [0.1, 0.15) is 28.8 Å². The van der Waals surface area contributed by atoms with Gasteiger partial charge in [-0.3, -0.25) is 9.59 Å². The number of anilines is 1. The first-order valence-corrected chi connectivity index (χ1v) is 10.7. The van der Waals surface area contributed by atoms with E-state index < -0.39 is 15.9 Å². The van der Waals surface area contributed by atoms with Gasteiger partial charge in [-0.2, -0.15) is 0 Å². The molecule has 3 rings (SSSR count). The van der Waals surface area contributed by atoms with E-state index in [1.807, 2.05) is 0 Å². The van der Waals surface area contributed by atoms with E-state index in [1.54, 1.807) is 23.1 Å². The van der Waals surface area contributed by atoms with Crippen molar-refractivity contribution in [1.29, 1.82) is 0 Å². The number of amides is 2. The highest BCUT2D eigenvalue weighted by molar-refractivity contribution is 7.91. The topological polar surface area (TPSA) is 74.8 Å². The van der Waals surface area contributed by atoms with Crippen LogP contribution in [0.3, 0.4) is 0 Å². The molecule has 1 aromatic rings. The SMILES string of the molecule is C#CCN(C(=O)c1ccc2c(c1)CCCN2C(=O)C=C)C1CCS(=O)(=O)C1. The molecular formula is C20H22N2O4S. The Labute approximate surface area is 159 Å². The fraction of sp³-hybridized carbons (Fsp3) is 0.400. The fourth-order valence-electron chi connectivity index (χ4n) is 3.72. The monoisotopic (exact) mass is 386 g/mol. The van der Waals surface area contributed by atoms with Crippen molar-refractivity contribution in [3.63, 3.8) is 0 Å². The number of carbonyl (C=O) groups excluding carboxylic acids is 2. The van der Waals surface area contributed by atoms with Crippen LogP contribution < -0.4 is 4.90 Å². The number of rotatable bonds is 4. The normalized spacial score (nSPS) is 20.4. The molecule has 7 heteroatoms. The summed E-state index contributed by atoms with van der Waals surface area (Å²) < 4.78 is 23.6. The molecule has 0 saturated carbocycles. The predicted octanol–water partition coefficient (Wildman–Crippen LogP) is 1.41. The van der Waals surface area contributed by atoms with E-state index in [4.69, 9.17) is 6.42 Å². The number of fused-ring (bicyclic) bond motifs is 1. The number of aryl methyl sites for hydroxylation is 1. The summed E-state index contributed by atoms with van der Waals surface area (Å²) in [7, 11) is -3.12. The first-order valence-electron chi connectivity index (χ1n) is 8.88. The van der Waals surface area contributed by atoms with Crippen molar-refractivity contribution in [3.05, 3.63) is 42.0 Å². The minimum atomic E-state index is -3.12. The summed E-state index contributed by atoms with van der Waals surface area (Å²) in [6.45, 7) is 4.22. The molecule has 0 N–H and O–H groups in total. The minimum Gasteiger partial charge on any atom is -0.323 e. The van der Waals surface area contributed by atoms with Gasteiger partial charge in [-0.15, -0.1) is 6.42 Å². The van der Waals surface area contributed by atoms with Crippen molar-refractivity contribution >= 4 is 27.3 Å². The van der Waals surface area contributed by atoms with Gasteiger partial charge in [0.2, 0.25) is 5.91 Å². The van der Waals surface area contributed by atoms with Crippen LogP contribution in [0, 0.1) is 12.3 Å². The van der Waals surface area contributed by atoms with Gasteiger partial charge in [-0.05, 0) is 49.1 Å². The van der Waals surface area contributed by atoms with E-state index in [2.05, 4.69) is 12.5 Å². The molecule has 0 spiro atoms. The van der Waals surface area contributed by atoms with Crippen molar-refractivity contribution in [2.75, 3.05) is 29.5 Å². The standard InChI is InChI=1S/C20H22N2O4S/c1-3-10-21(17-9-12-27(25,26)14-17)20(24)16-7-8-18-15(13-16)6-5-11-22(18)19(23)4-2/h1,4,7-8,13,17H,2,5-6,9-12,14H2. The van der Waals surface area contributed by atoms with Crippen LogP contribution in [0.5, 0.6) is 0 Å². The Kier molecular flexibility index (Phi) is 5.38. The van der Waals surface area contributed by atoms with Gasteiger partial charge in [0.05, 0.1) is 18.1 Å². The lowest BCUT2D eigenvalue weighted by Crippen LogP contribution is -2.41. The van der Waals surface area contributed by atoms with E-state index in [-0.39, 0.29) is 29.9 Å². The molecule has 1 saturated heterocycles. The van der Waals surface area contributed by atoms with Gasteiger partial charge >= 0.3 is 0 Å². The second-order valence-electron chi connectivity index (χ2n) is 6.84. The summed E-state index contributed by atoms with van der Waals surface area (Å²) in [5.41, 5.74) is 2.16. The zero-order valence-electron chi connectivity index (χ0n) is 15.1. The maximum atomic E-state index is 13.0. The smallest absolute Gasteiger partial charge is 0.254 e. The van der Waals surface area contributed by atoms with Crippen molar-refractivity contribution in [1.82, 2.24) is 4.90 Å². The summed E-state index contributed by atoms with van der Waals surface area (Å²) in [5, 5.41) is 0. The van der Waals surface area contributed by atoms with E-state index in [0.29, 0.717) is 18.5 Å². The van der Waals surface area contributed by atoms with Gasteiger partial charge in [0.1, 0.15) is 0 Å². The number of terminal acetylenes is 1. The molecule has 0 bridgehead atoms. The lowest BCUT2D eigenvalue weighted by molar-refractivity contribution is -0.114. The highest BCUT2D eigenvalue weighted by atomic mass is 32.2. The molecular weight excluding hydrogens is 364 g/mol. The summed E-state index contributed by atoms with van der Waals surface area (Å²) >= 11 is 0. The number of benzene rings is 1. The number of hydrogen-bond donors (Lipinski definition) is 0. The molecule has 6 nitrogen and oxygen atoms in total. The van der Waals surface area contributed by atoms with Crippen LogP contribution in [-0.4, -0.2) is 55.8 Å². The van der Waals surface area contributed by atoms with Gasteiger partial charge in [0, 0.05) is 23.8 Å². The van der Waals surface area contributed by atoms with Crippen molar-refractivity contribution in [3.8, 4) is 12.3 Å². The van der Waals surface area contributed by atoms with Crippen molar-refractivity contribution in [2.24, 2.45) is 0 Å². The third-order valence-electron chi connectivity index (χ3n) is 5.06. The van der Waals surface area contributed by atoms with E-state index >= 15 is 0 Å². The zero-order valence-corrected chi connectivity index (χ0v) is 15.9. The van der Waals surface area contributed by atoms with E-state index in [0.717, 1.165) is 24.1 Å². The molecule has 1 atom stereocenters. The van der Waals surface area contributed by atoms with Crippen molar-refractivity contribution < 1.29 is 18.0 Å². The molecule has 1 aromatic carbocycles. The second kappa shape index (κ2) is 7.57.